The third-order valence-electron chi connectivity index (χ3n) is 3.12. The average Bonchev–Trinajstić information content (AvgIpc) is 2.30. The van der Waals surface area contributed by atoms with Gasteiger partial charge in [-0.3, -0.25) is 4.90 Å². The molecule has 1 N–H and O–H groups in total. The molecule has 0 spiro atoms. The minimum absolute atomic E-state index is 0.630. The summed E-state index contributed by atoms with van der Waals surface area (Å²) in [5.74, 6) is 0.756. The molecule has 1 aliphatic heterocycles. The van der Waals surface area contributed by atoms with E-state index < -0.39 is 0 Å². The third kappa shape index (κ3) is 4.06. The van der Waals surface area contributed by atoms with Gasteiger partial charge in [0.15, 0.2) is 0 Å². The lowest BCUT2D eigenvalue weighted by Gasteiger charge is -2.34. The molecule has 1 fully saturated rings. The molecule has 1 aliphatic rings. The maximum absolute atomic E-state index is 4.29. The Morgan fingerprint density at radius 2 is 2.41 bits per heavy atom. The van der Waals surface area contributed by atoms with Gasteiger partial charge >= 0.3 is 0 Å². The van der Waals surface area contributed by atoms with Crippen LogP contribution in [0.5, 0.6) is 0 Å². The molecular formula is C13H22N4. The lowest BCUT2D eigenvalue weighted by atomic mass is 10.0. The molecule has 0 aromatic carbocycles. The summed E-state index contributed by atoms with van der Waals surface area (Å²) in [6, 6.07) is 2.63. The fraction of sp³-hybridized carbons (Fsp3) is 0.692. The molecule has 4 nitrogen and oxygen atoms in total. The van der Waals surface area contributed by atoms with Crippen LogP contribution in [0, 0.1) is 5.92 Å². The maximum Gasteiger partial charge on any atom is 0.115 e. The van der Waals surface area contributed by atoms with Crippen molar-refractivity contribution in [2.24, 2.45) is 5.92 Å². The van der Waals surface area contributed by atoms with Crippen LogP contribution in [0.3, 0.4) is 0 Å². The molecule has 1 atom stereocenters. The van der Waals surface area contributed by atoms with Crippen LogP contribution in [0.2, 0.25) is 0 Å². The lowest BCUT2D eigenvalue weighted by Crippen LogP contribution is -2.50. The molecule has 2 heterocycles. The van der Waals surface area contributed by atoms with E-state index in [1.165, 1.54) is 6.42 Å². The molecule has 94 valence electrons. The van der Waals surface area contributed by atoms with E-state index in [1.54, 1.807) is 6.33 Å². The highest BCUT2D eigenvalue weighted by Gasteiger charge is 2.20. The molecule has 1 aromatic rings. The van der Waals surface area contributed by atoms with Crippen molar-refractivity contribution in [2.45, 2.75) is 32.9 Å². The van der Waals surface area contributed by atoms with E-state index in [0.29, 0.717) is 6.04 Å². The first kappa shape index (κ1) is 12.5. The molecule has 1 aromatic heterocycles. The van der Waals surface area contributed by atoms with Crippen molar-refractivity contribution in [1.29, 1.82) is 0 Å². The summed E-state index contributed by atoms with van der Waals surface area (Å²) in [6.45, 7) is 8.83. The number of rotatable bonds is 4. The van der Waals surface area contributed by atoms with E-state index in [-0.39, 0.29) is 0 Å². The van der Waals surface area contributed by atoms with Crippen molar-refractivity contribution in [3.8, 4) is 0 Å². The summed E-state index contributed by atoms with van der Waals surface area (Å²) < 4.78 is 0. The van der Waals surface area contributed by atoms with E-state index in [0.717, 1.165) is 37.8 Å². The molecule has 0 amide bonds. The number of piperazine rings is 1. The predicted molar refractivity (Wildman–Crippen MR) is 68.6 cm³/mol. The van der Waals surface area contributed by atoms with Gasteiger partial charge < -0.3 is 5.32 Å². The largest absolute Gasteiger partial charge is 0.311 e. The van der Waals surface area contributed by atoms with E-state index in [1.807, 2.05) is 12.3 Å². The van der Waals surface area contributed by atoms with Crippen molar-refractivity contribution in [1.82, 2.24) is 20.2 Å². The summed E-state index contributed by atoms with van der Waals surface area (Å²) in [5.41, 5.74) is 1.12. The smallest absolute Gasteiger partial charge is 0.115 e. The number of nitrogens with one attached hydrogen (secondary N) is 1. The van der Waals surface area contributed by atoms with Crippen molar-refractivity contribution < 1.29 is 0 Å². The van der Waals surface area contributed by atoms with Gasteiger partial charge in [-0.05, 0) is 18.4 Å². The van der Waals surface area contributed by atoms with Gasteiger partial charge in [0.05, 0.1) is 5.69 Å². The molecule has 1 saturated heterocycles. The van der Waals surface area contributed by atoms with Gasteiger partial charge in [-0.2, -0.15) is 0 Å². The highest BCUT2D eigenvalue weighted by Crippen LogP contribution is 2.11. The van der Waals surface area contributed by atoms with Crippen molar-refractivity contribution in [3.63, 3.8) is 0 Å². The van der Waals surface area contributed by atoms with Crippen molar-refractivity contribution in [2.75, 3.05) is 19.6 Å². The fourth-order valence-electron chi connectivity index (χ4n) is 2.41. The topological polar surface area (TPSA) is 41.1 Å². The van der Waals surface area contributed by atoms with Crippen LogP contribution in [0.15, 0.2) is 18.6 Å². The zero-order valence-corrected chi connectivity index (χ0v) is 10.8. The summed E-state index contributed by atoms with van der Waals surface area (Å²) >= 11 is 0. The van der Waals surface area contributed by atoms with Gasteiger partial charge in [0.1, 0.15) is 6.33 Å². The van der Waals surface area contributed by atoms with Crippen molar-refractivity contribution >= 4 is 0 Å². The average molecular weight is 234 g/mol. The van der Waals surface area contributed by atoms with Gasteiger partial charge in [-0.15, -0.1) is 0 Å². The van der Waals surface area contributed by atoms with E-state index in [2.05, 4.69) is 34.0 Å². The summed E-state index contributed by atoms with van der Waals surface area (Å²) in [4.78, 5) is 10.7. The van der Waals surface area contributed by atoms with Gasteiger partial charge in [0.25, 0.3) is 0 Å². The van der Waals surface area contributed by atoms with Crippen LogP contribution in [0.4, 0.5) is 0 Å². The number of nitrogens with zero attached hydrogens (tertiary/aromatic N) is 3. The van der Waals surface area contributed by atoms with E-state index in [4.69, 9.17) is 0 Å². The standard InChI is InChI=1S/C13H22N4/c1-11(2)7-13-9-17(6-5-15-13)8-12-3-4-14-10-16-12/h3-4,10-11,13,15H,5-9H2,1-2H3. The zero-order valence-electron chi connectivity index (χ0n) is 10.8. The molecule has 17 heavy (non-hydrogen) atoms. The van der Waals surface area contributed by atoms with Gasteiger partial charge in [0, 0.05) is 38.4 Å². The van der Waals surface area contributed by atoms with Crippen LogP contribution in [-0.4, -0.2) is 40.5 Å². The normalized spacial score (nSPS) is 21.9. The first-order chi connectivity index (χ1) is 8.24. The lowest BCUT2D eigenvalue weighted by molar-refractivity contribution is 0.178. The molecule has 0 radical (unpaired) electrons. The maximum atomic E-state index is 4.29. The molecule has 1 unspecified atom stereocenters. The van der Waals surface area contributed by atoms with Crippen LogP contribution in [-0.2, 0) is 6.54 Å². The zero-order chi connectivity index (χ0) is 12.1. The van der Waals surface area contributed by atoms with Gasteiger partial charge in [-0.1, -0.05) is 13.8 Å². The molecule has 2 rings (SSSR count). The number of aromatic nitrogens is 2. The first-order valence-corrected chi connectivity index (χ1v) is 6.44. The number of hydrogen-bond acceptors (Lipinski definition) is 4. The van der Waals surface area contributed by atoms with E-state index in [9.17, 15) is 0 Å². The number of hydrogen-bond donors (Lipinski definition) is 1. The van der Waals surface area contributed by atoms with Crippen LogP contribution in [0.1, 0.15) is 26.0 Å². The Morgan fingerprint density at radius 1 is 1.53 bits per heavy atom. The highest BCUT2D eigenvalue weighted by molar-refractivity contribution is 4.98. The molecule has 0 aliphatic carbocycles. The minimum Gasteiger partial charge on any atom is -0.311 e. The second-order valence-corrected chi connectivity index (χ2v) is 5.22. The highest BCUT2D eigenvalue weighted by atomic mass is 15.2. The van der Waals surface area contributed by atoms with Crippen molar-refractivity contribution in [3.05, 3.63) is 24.3 Å². The Kier molecular flexibility index (Phi) is 4.45. The Labute approximate surface area is 103 Å². The summed E-state index contributed by atoms with van der Waals surface area (Å²) in [7, 11) is 0. The first-order valence-electron chi connectivity index (χ1n) is 6.44. The van der Waals surface area contributed by atoms with Crippen LogP contribution in [0.25, 0.3) is 0 Å². The minimum atomic E-state index is 0.630. The molecule has 0 bridgehead atoms. The quantitative estimate of drug-likeness (QED) is 0.852. The predicted octanol–water partition coefficient (Wildman–Crippen LogP) is 1.30. The van der Waals surface area contributed by atoms with Gasteiger partial charge in [0.2, 0.25) is 0 Å². The van der Waals surface area contributed by atoms with E-state index >= 15 is 0 Å². The van der Waals surface area contributed by atoms with Crippen LogP contribution < -0.4 is 5.32 Å². The summed E-state index contributed by atoms with van der Waals surface area (Å²) in [6.07, 6.45) is 4.69. The Balaban J connectivity index is 1.85. The SMILES string of the molecule is CC(C)CC1CN(Cc2ccncn2)CCN1. The summed E-state index contributed by atoms with van der Waals surface area (Å²) in [5, 5.41) is 3.59. The monoisotopic (exact) mass is 234 g/mol. The Hall–Kier alpha value is -1.00. The second-order valence-electron chi connectivity index (χ2n) is 5.22. The second kappa shape index (κ2) is 6.07. The molecule has 0 saturated carbocycles. The molecular weight excluding hydrogens is 212 g/mol. The Bertz CT molecular complexity index is 325. The fourth-order valence-corrected chi connectivity index (χ4v) is 2.41. The molecule has 4 heteroatoms. The van der Waals surface area contributed by atoms with Crippen LogP contribution >= 0.6 is 0 Å². The Morgan fingerprint density at radius 3 is 3.12 bits per heavy atom. The van der Waals surface area contributed by atoms with Gasteiger partial charge in [-0.25, -0.2) is 9.97 Å². The third-order valence-corrected chi connectivity index (χ3v) is 3.12.